The third-order valence-electron chi connectivity index (χ3n) is 1.95. The van der Waals surface area contributed by atoms with E-state index in [2.05, 4.69) is 4.74 Å². The van der Waals surface area contributed by atoms with Gasteiger partial charge in [-0.1, -0.05) is 11.6 Å². The summed E-state index contributed by atoms with van der Waals surface area (Å²) in [4.78, 5) is 11.3. The van der Waals surface area contributed by atoms with Gasteiger partial charge in [-0.25, -0.2) is 4.79 Å². The standard InChI is InChI=1S/C10H11ClO3/c1-6-8(10(12)14-3)4-7(11)5-9(6)13-2/h4-5H,1-3H3. The van der Waals surface area contributed by atoms with Crippen LogP contribution in [0.3, 0.4) is 0 Å². The Balaban J connectivity index is 3.29. The molecule has 0 atom stereocenters. The van der Waals surface area contributed by atoms with Gasteiger partial charge in [0.25, 0.3) is 0 Å². The number of ether oxygens (including phenoxy) is 2. The highest BCUT2D eigenvalue weighted by Crippen LogP contribution is 2.26. The SMILES string of the molecule is COC(=O)c1cc(Cl)cc(OC)c1C. The van der Waals surface area contributed by atoms with Gasteiger partial charge < -0.3 is 9.47 Å². The molecule has 0 saturated heterocycles. The molecule has 0 aliphatic rings. The van der Waals surface area contributed by atoms with Crippen LogP contribution in [-0.2, 0) is 4.74 Å². The lowest BCUT2D eigenvalue weighted by Crippen LogP contribution is -2.05. The highest BCUT2D eigenvalue weighted by molar-refractivity contribution is 6.31. The first-order valence-electron chi connectivity index (χ1n) is 4.02. The Morgan fingerprint density at radius 2 is 2.00 bits per heavy atom. The van der Waals surface area contributed by atoms with E-state index >= 15 is 0 Å². The van der Waals surface area contributed by atoms with Crippen LogP contribution in [0.25, 0.3) is 0 Å². The summed E-state index contributed by atoms with van der Waals surface area (Å²) in [6.45, 7) is 1.78. The van der Waals surface area contributed by atoms with Crippen molar-refractivity contribution in [2.75, 3.05) is 14.2 Å². The molecule has 0 N–H and O–H groups in total. The van der Waals surface area contributed by atoms with E-state index in [0.717, 1.165) is 5.56 Å². The van der Waals surface area contributed by atoms with Gasteiger partial charge in [-0.15, -0.1) is 0 Å². The molecule has 0 aliphatic carbocycles. The quantitative estimate of drug-likeness (QED) is 0.710. The van der Waals surface area contributed by atoms with Crippen molar-refractivity contribution in [3.05, 3.63) is 28.3 Å². The fourth-order valence-electron chi connectivity index (χ4n) is 1.19. The summed E-state index contributed by atoms with van der Waals surface area (Å²) in [6, 6.07) is 3.22. The Bertz CT molecular complexity index is 361. The molecule has 3 nitrogen and oxygen atoms in total. The molecule has 0 fully saturated rings. The predicted octanol–water partition coefficient (Wildman–Crippen LogP) is 2.44. The Morgan fingerprint density at radius 1 is 1.36 bits per heavy atom. The molecule has 0 radical (unpaired) electrons. The molecule has 0 unspecified atom stereocenters. The van der Waals surface area contributed by atoms with Gasteiger partial charge in [-0.2, -0.15) is 0 Å². The highest BCUT2D eigenvalue weighted by atomic mass is 35.5. The van der Waals surface area contributed by atoms with Crippen molar-refractivity contribution in [1.29, 1.82) is 0 Å². The van der Waals surface area contributed by atoms with Gasteiger partial charge in [0.05, 0.1) is 19.8 Å². The van der Waals surface area contributed by atoms with Gasteiger partial charge in [0.2, 0.25) is 0 Å². The first-order chi connectivity index (χ1) is 6.60. The van der Waals surface area contributed by atoms with Crippen LogP contribution in [0.4, 0.5) is 0 Å². The van der Waals surface area contributed by atoms with Crippen LogP contribution >= 0.6 is 11.6 Å². The third kappa shape index (κ3) is 1.99. The van der Waals surface area contributed by atoms with Crippen molar-refractivity contribution in [3.8, 4) is 5.75 Å². The zero-order chi connectivity index (χ0) is 10.7. The van der Waals surface area contributed by atoms with Gasteiger partial charge >= 0.3 is 5.97 Å². The Labute approximate surface area is 87.6 Å². The van der Waals surface area contributed by atoms with Gasteiger partial charge in [0.15, 0.2) is 0 Å². The van der Waals surface area contributed by atoms with E-state index in [-0.39, 0.29) is 0 Å². The predicted molar refractivity (Wildman–Crippen MR) is 54.1 cm³/mol. The average molecular weight is 215 g/mol. The maximum atomic E-state index is 11.3. The maximum Gasteiger partial charge on any atom is 0.338 e. The minimum atomic E-state index is -0.414. The summed E-state index contributed by atoms with van der Waals surface area (Å²) in [5, 5.41) is 0.452. The molecule has 0 heterocycles. The van der Waals surface area contributed by atoms with E-state index in [1.165, 1.54) is 14.2 Å². The molecule has 14 heavy (non-hydrogen) atoms. The second kappa shape index (κ2) is 4.33. The molecule has 76 valence electrons. The van der Waals surface area contributed by atoms with Gasteiger partial charge in [0.1, 0.15) is 5.75 Å². The number of esters is 1. The number of methoxy groups -OCH3 is 2. The van der Waals surface area contributed by atoms with E-state index in [4.69, 9.17) is 16.3 Å². The summed E-state index contributed by atoms with van der Waals surface area (Å²) in [5.74, 6) is 0.168. The first-order valence-corrected chi connectivity index (χ1v) is 4.40. The van der Waals surface area contributed by atoms with Gasteiger partial charge in [-0.05, 0) is 19.1 Å². The monoisotopic (exact) mass is 214 g/mol. The lowest BCUT2D eigenvalue weighted by Gasteiger charge is -2.09. The molecule has 1 aromatic rings. The van der Waals surface area contributed by atoms with Crippen molar-refractivity contribution in [2.45, 2.75) is 6.92 Å². The molecular formula is C10H11ClO3. The van der Waals surface area contributed by atoms with Gasteiger partial charge in [0, 0.05) is 10.6 Å². The number of carbonyl (C=O) groups is 1. The van der Waals surface area contributed by atoms with Crippen LogP contribution in [0.1, 0.15) is 15.9 Å². The van der Waals surface area contributed by atoms with Gasteiger partial charge in [-0.3, -0.25) is 0 Å². The summed E-state index contributed by atoms with van der Waals surface area (Å²) < 4.78 is 9.69. The molecule has 1 aromatic carbocycles. The fourth-order valence-corrected chi connectivity index (χ4v) is 1.40. The zero-order valence-corrected chi connectivity index (χ0v) is 9.01. The van der Waals surface area contributed by atoms with Crippen molar-refractivity contribution >= 4 is 17.6 Å². The summed E-state index contributed by atoms with van der Waals surface area (Å²) in [7, 11) is 2.86. The average Bonchev–Trinajstić information content (AvgIpc) is 2.19. The molecule has 1 rings (SSSR count). The molecule has 4 heteroatoms. The Morgan fingerprint density at radius 3 is 2.50 bits per heavy atom. The molecule has 0 bridgehead atoms. The molecule has 0 aromatic heterocycles. The van der Waals surface area contributed by atoms with Crippen LogP contribution in [0.2, 0.25) is 5.02 Å². The number of hydrogen-bond donors (Lipinski definition) is 0. The lowest BCUT2D eigenvalue weighted by atomic mass is 10.1. The van der Waals surface area contributed by atoms with Crippen LogP contribution in [0.5, 0.6) is 5.75 Å². The Hall–Kier alpha value is -1.22. The first kappa shape index (κ1) is 10.9. The van der Waals surface area contributed by atoms with E-state index < -0.39 is 5.97 Å². The van der Waals surface area contributed by atoms with Crippen molar-refractivity contribution < 1.29 is 14.3 Å². The second-order valence-corrected chi connectivity index (χ2v) is 3.21. The smallest absolute Gasteiger partial charge is 0.338 e. The van der Waals surface area contributed by atoms with E-state index in [9.17, 15) is 4.79 Å². The minimum Gasteiger partial charge on any atom is -0.496 e. The van der Waals surface area contributed by atoms with Crippen LogP contribution in [-0.4, -0.2) is 20.2 Å². The molecule has 0 amide bonds. The third-order valence-corrected chi connectivity index (χ3v) is 2.17. The number of rotatable bonds is 2. The minimum absolute atomic E-state index is 0.414. The van der Waals surface area contributed by atoms with Crippen LogP contribution < -0.4 is 4.74 Å². The topological polar surface area (TPSA) is 35.5 Å². The Kier molecular flexibility index (Phi) is 3.36. The lowest BCUT2D eigenvalue weighted by molar-refractivity contribution is 0.0599. The fraction of sp³-hybridized carbons (Fsp3) is 0.300. The normalized spacial score (nSPS) is 9.71. The number of benzene rings is 1. The molecule has 0 spiro atoms. The number of carbonyl (C=O) groups excluding carboxylic acids is 1. The van der Waals surface area contributed by atoms with Crippen molar-refractivity contribution in [3.63, 3.8) is 0 Å². The summed E-state index contributed by atoms with van der Waals surface area (Å²) >= 11 is 5.81. The summed E-state index contributed by atoms with van der Waals surface area (Å²) in [6.07, 6.45) is 0. The molecule has 0 saturated carbocycles. The van der Waals surface area contributed by atoms with E-state index in [0.29, 0.717) is 16.3 Å². The second-order valence-electron chi connectivity index (χ2n) is 2.77. The maximum absolute atomic E-state index is 11.3. The largest absolute Gasteiger partial charge is 0.496 e. The highest BCUT2D eigenvalue weighted by Gasteiger charge is 2.13. The number of halogens is 1. The van der Waals surface area contributed by atoms with Crippen molar-refractivity contribution in [1.82, 2.24) is 0 Å². The molecular weight excluding hydrogens is 204 g/mol. The van der Waals surface area contributed by atoms with Crippen LogP contribution in [0.15, 0.2) is 12.1 Å². The summed E-state index contributed by atoms with van der Waals surface area (Å²) in [5.41, 5.74) is 1.15. The molecule has 0 aliphatic heterocycles. The van der Waals surface area contributed by atoms with Crippen molar-refractivity contribution in [2.24, 2.45) is 0 Å². The van der Waals surface area contributed by atoms with E-state index in [1.54, 1.807) is 19.1 Å². The van der Waals surface area contributed by atoms with Crippen LogP contribution in [0, 0.1) is 6.92 Å². The zero-order valence-electron chi connectivity index (χ0n) is 8.26. The van der Waals surface area contributed by atoms with E-state index in [1.807, 2.05) is 0 Å². The number of hydrogen-bond acceptors (Lipinski definition) is 3.